The molecule has 0 aliphatic carbocycles. The maximum atomic E-state index is 11.7. The largest absolute Gasteiger partial charge is 0.507 e. The van der Waals surface area contributed by atoms with Gasteiger partial charge in [-0.3, -0.25) is 4.79 Å². The predicted molar refractivity (Wildman–Crippen MR) is 97.3 cm³/mol. The van der Waals surface area contributed by atoms with Gasteiger partial charge in [0.15, 0.2) is 0 Å². The second kappa shape index (κ2) is 7.34. The van der Waals surface area contributed by atoms with Gasteiger partial charge in [0.25, 0.3) is 0 Å². The minimum absolute atomic E-state index is 0.100. The molecular weight excluding hydrogens is 370 g/mol. The molecule has 0 bridgehead atoms. The Morgan fingerprint density at radius 2 is 2.04 bits per heavy atom. The van der Waals surface area contributed by atoms with Crippen molar-refractivity contribution in [2.24, 2.45) is 5.41 Å². The van der Waals surface area contributed by atoms with E-state index in [2.05, 4.69) is 20.9 Å². The van der Waals surface area contributed by atoms with Crippen LogP contribution < -0.4 is 4.74 Å². The van der Waals surface area contributed by atoms with Gasteiger partial charge in [-0.05, 0) is 65.5 Å². The zero-order valence-electron chi connectivity index (χ0n) is 14.4. The van der Waals surface area contributed by atoms with Gasteiger partial charge >= 0.3 is 0 Å². The fourth-order valence-corrected chi connectivity index (χ4v) is 2.74. The number of ketones is 1. The van der Waals surface area contributed by atoms with E-state index in [1.165, 1.54) is 0 Å². The van der Waals surface area contributed by atoms with E-state index in [1.54, 1.807) is 13.1 Å². The van der Waals surface area contributed by atoms with E-state index in [-0.39, 0.29) is 11.5 Å². The van der Waals surface area contributed by atoms with E-state index in [0.29, 0.717) is 24.3 Å². The highest BCUT2D eigenvalue weighted by atomic mass is 79.9. The molecule has 0 saturated heterocycles. The number of nitrogens with zero attached hydrogens (tertiary/aromatic N) is 1. The van der Waals surface area contributed by atoms with Crippen molar-refractivity contribution in [1.29, 1.82) is 0 Å². The molecule has 1 N–H and O–H groups in total. The molecule has 128 valence electrons. The molecule has 0 saturated carbocycles. The van der Waals surface area contributed by atoms with Crippen LogP contribution in [-0.2, 0) is 17.8 Å². The normalized spacial score (nSPS) is 11.4. The molecule has 0 aliphatic rings. The molecule has 0 amide bonds. The molecule has 0 aliphatic heterocycles. The van der Waals surface area contributed by atoms with Crippen LogP contribution in [0.5, 0.6) is 11.5 Å². The summed E-state index contributed by atoms with van der Waals surface area (Å²) in [6.45, 7) is 7.55. The van der Waals surface area contributed by atoms with Crippen LogP contribution in [-0.4, -0.2) is 15.9 Å². The number of benzene rings is 1. The summed E-state index contributed by atoms with van der Waals surface area (Å²) in [5.41, 5.74) is 1.92. The molecule has 0 radical (unpaired) electrons. The van der Waals surface area contributed by atoms with Gasteiger partial charge in [-0.15, -0.1) is 0 Å². The summed E-state index contributed by atoms with van der Waals surface area (Å²) < 4.78 is 6.57. The van der Waals surface area contributed by atoms with Gasteiger partial charge in [-0.2, -0.15) is 0 Å². The second-order valence-electron chi connectivity index (χ2n) is 6.59. The number of phenols is 1. The number of hydrogen-bond donors (Lipinski definition) is 1. The summed E-state index contributed by atoms with van der Waals surface area (Å²) in [5, 5.41) is 10.5. The molecule has 0 atom stereocenters. The number of carbonyl (C=O) groups excluding carboxylic acids is 1. The summed E-state index contributed by atoms with van der Waals surface area (Å²) in [7, 11) is 0. The van der Waals surface area contributed by atoms with Crippen molar-refractivity contribution in [1.82, 2.24) is 4.98 Å². The molecule has 4 nitrogen and oxygen atoms in total. The van der Waals surface area contributed by atoms with Crippen molar-refractivity contribution in [3.63, 3.8) is 0 Å². The fourth-order valence-electron chi connectivity index (χ4n) is 2.33. The maximum Gasteiger partial charge on any atom is 0.135 e. The Bertz CT molecular complexity index is 756. The van der Waals surface area contributed by atoms with Crippen molar-refractivity contribution >= 4 is 21.7 Å². The Morgan fingerprint density at radius 1 is 1.33 bits per heavy atom. The lowest BCUT2D eigenvalue weighted by Gasteiger charge is -2.22. The minimum Gasteiger partial charge on any atom is -0.507 e. The molecular formula is C19H22BrNO3. The van der Waals surface area contributed by atoms with Crippen LogP contribution in [0.1, 0.15) is 37.5 Å². The second-order valence-corrected chi connectivity index (χ2v) is 7.40. The summed E-state index contributed by atoms with van der Waals surface area (Å²) in [5.74, 6) is 0.922. The van der Waals surface area contributed by atoms with Crippen molar-refractivity contribution in [2.45, 2.75) is 40.7 Å². The first-order valence-electron chi connectivity index (χ1n) is 7.76. The molecule has 24 heavy (non-hydrogen) atoms. The van der Waals surface area contributed by atoms with Crippen LogP contribution in [0.2, 0.25) is 0 Å². The number of aromatic nitrogens is 1. The highest BCUT2D eigenvalue weighted by Gasteiger charge is 2.26. The third-order valence-electron chi connectivity index (χ3n) is 4.24. The molecule has 0 spiro atoms. The molecule has 1 heterocycles. The van der Waals surface area contributed by atoms with Crippen LogP contribution in [0.15, 0.2) is 35.1 Å². The lowest BCUT2D eigenvalue weighted by molar-refractivity contribution is -0.124. The highest BCUT2D eigenvalue weighted by molar-refractivity contribution is 9.10. The molecule has 0 unspecified atom stereocenters. The van der Waals surface area contributed by atoms with Crippen LogP contribution in [0.4, 0.5) is 0 Å². The summed E-state index contributed by atoms with van der Waals surface area (Å²) in [6, 6.07) is 7.43. The summed E-state index contributed by atoms with van der Waals surface area (Å²) in [4.78, 5) is 15.8. The first-order chi connectivity index (χ1) is 11.2. The van der Waals surface area contributed by atoms with Gasteiger partial charge in [0, 0.05) is 17.2 Å². The van der Waals surface area contributed by atoms with Gasteiger partial charge < -0.3 is 9.84 Å². The first-order valence-corrected chi connectivity index (χ1v) is 8.56. The van der Waals surface area contributed by atoms with Crippen molar-refractivity contribution < 1.29 is 14.6 Å². The van der Waals surface area contributed by atoms with Gasteiger partial charge in [0.05, 0.1) is 0 Å². The Labute approximate surface area is 151 Å². The van der Waals surface area contributed by atoms with Gasteiger partial charge in [0.1, 0.15) is 28.5 Å². The first kappa shape index (κ1) is 18.5. The summed E-state index contributed by atoms with van der Waals surface area (Å²) in [6.07, 6.45) is 2.20. The zero-order chi connectivity index (χ0) is 17.9. The number of rotatable bonds is 6. The molecule has 2 aromatic rings. The van der Waals surface area contributed by atoms with Crippen LogP contribution >= 0.6 is 15.9 Å². The average Bonchev–Trinajstić information content (AvgIpc) is 2.51. The maximum absolute atomic E-state index is 11.7. The highest BCUT2D eigenvalue weighted by Crippen LogP contribution is 2.35. The molecule has 1 aromatic heterocycles. The number of Topliss-reactive ketones (excluding diaryl/α,β-unsaturated/α-hetero) is 1. The number of aromatic hydroxyl groups is 1. The Hall–Kier alpha value is -1.88. The molecule has 2 rings (SSSR count). The number of ether oxygens (including phenoxy) is 1. The van der Waals surface area contributed by atoms with Gasteiger partial charge in [-0.25, -0.2) is 4.98 Å². The SMILES string of the molecule is CC(=O)C(C)(C)Cc1ccc(OCc2ccnc(Br)c2)c(C)c1O. The third-order valence-corrected chi connectivity index (χ3v) is 4.67. The van der Waals surface area contributed by atoms with E-state index in [9.17, 15) is 9.90 Å². The number of halogens is 1. The number of phenolic OH excluding ortho intramolecular Hbond substituents is 1. The average molecular weight is 392 g/mol. The number of hydrogen-bond acceptors (Lipinski definition) is 4. The predicted octanol–water partition coefficient (Wildman–Crippen LogP) is 4.59. The van der Waals surface area contributed by atoms with E-state index in [4.69, 9.17) is 4.74 Å². The standard InChI is InChI=1S/C19H22BrNO3/c1-12-16(24-11-14-7-8-21-17(20)9-14)6-5-15(18(12)23)10-19(3,4)13(2)22/h5-9,23H,10-11H2,1-4H3. The number of pyridine rings is 1. The van der Waals surface area contributed by atoms with E-state index >= 15 is 0 Å². The molecule has 5 heteroatoms. The van der Waals surface area contributed by atoms with Crippen LogP contribution in [0.25, 0.3) is 0 Å². The van der Waals surface area contributed by atoms with Crippen LogP contribution in [0.3, 0.4) is 0 Å². The summed E-state index contributed by atoms with van der Waals surface area (Å²) >= 11 is 3.33. The lowest BCUT2D eigenvalue weighted by atomic mass is 9.82. The lowest BCUT2D eigenvalue weighted by Crippen LogP contribution is -2.24. The Kier molecular flexibility index (Phi) is 5.65. The van der Waals surface area contributed by atoms with E-state index in [1.807, 2.05) is 45.0 Å². The molecule has 0 fully saturated rings. The molecule has 1 aromatic carbocycles. The number of carbonyl (C=O) groups is 1. The fraction of sp³-hybridized carbons (Fsp3) is 0.368. The smallest absolute Gasteiger partial charge is 0.135 e. The zero-order valence-corrected chi connectivity index (χ0v) is 16.0. The minimum atomic E-state index is -0.504. The van der Waals surface area contributed by atoms with E-state index in [0.717, 1.165) is 15.7 Å². The Morgan fingerprint density at radius 3 is 2.67 bits per heavy atom. The third kappa shape index (κ3) is 4.35. The van der Waals surface area contributed by atoms with Gasteiger partial charge in [0.2, 0.25) is 0 Å². The Balaban J connectivity index is 2.16. The monoisotopic (exact) mass is 391 g/mol. The van der Waals surface area contributed by atoms with Gasteiger partial charge in [-0.1, -0.05) is 19.9 Å². The van der Waals surface area contributed by atoms with Crippen molar-refractivity contribution in [2.75, 3.05) is 0 Å². The van der Waals surface area contributed by atoms with Crippen molar-refractivity contribution in [3.05, 3.63) is 51.8 Å². The van der Waals surface area contributed by atoms with E-state index < -0.39 is 5.41 Å². The van der Waals surface area contributed by atoms with Crippen molar-refractivity contribution in [3.8, 4) is 11.5 Å². The van der Waals surface area contributed by atoms with Crippen LogP contribution in [0, 0.1) is 12.3 Å². The topological polar surface area (TPSA) is 59.4 Å². The quantitative estimate of drug-likeness (QED) is 0.731.